The monoisotopic (exact) mass is 466 g/mol. The number of nitrogens with zero attached hydrogens (tertiary/aromatic N) is 1. The zero-order valence-electron chi connectivity index (χ0n) is 21.1. The number of pyridine rings is 1. The van der Waals surface area contributed by atoms with E-state index in [9.17, 15) is 0 Å². The van der Waals surface area contributed by atoms with Crippen molar-refractivity contribution in [2.45, 2.75) is 116 Å². The molecule has 0 spiro atoms. The summed E-state index contributed by atoms with van der Waals surface area (Å²) in [6, 6.07) is 8.77. The molecular formula is C24H46N2O3Si2. The van der Waals surface area contributed by atoms with Crippen LogP contribution in [0.3, 0.4) is 0 Å². The highest BCUT2D eigenvalue weighted by Crippen LogP contribution is 2.44. The molecular weight excluding hydrogens is 420 g/mol. The molecule has 1 aromatic heterocycles. The summed E-state index contributed by atoms with van der Waals surface area (Å²) in [7, 11) is -3.65. The van der Waals surface area contributed by atoms with Crippen LogP contribution in [0, 0.1) is 5.92 Å². The minimum absolute atomic E-state index is 0.0179. The van der Waals surface area contributed by atoms with Crippen molar-refractivity contribution in [1.29, 1.82) is 0 Å². The van der Waals surface area contributed by atoms with Crippen LogP contribution in [0.5, 0.6) is 0 Å². The average molecular weight is 467 g/mol. The molecule has 0 amide bonds. The summed E-state index contributed by atoms with van der Waals surface area (Å²) in [5.41, 5.74) is 8.02. The van der Waals surface area contributed by atoms with Crippen molar-refractivity contribution < 1.29 is 13.6 Å². The van der Waals surface area contributed by atoms with Crippen molar-refractivity contribution in [3.63, 3.8) is 0 Å². The van der Waals surface area contributed by atoms with E-state index in [0.29, 0.717) is 5.69 Å². The molecule has 1 fully saturated rings. The van der Waals surface area contributed by atoms with Crippen LogP contribution in [0.1, 0.15) is 67.1 Å². The van der Waals surface area contributed by atoms with Crippen molar-refractivity contribution in [2.75, 3.05) is 5.73 Å². The van der Waals surface area contributed by atoms with Gasteiger partial charge in [-0.05, 0) is 49.3 Å². The van der Waals surface area contributed by atoms with Gasteiger partial charge in [-0.25, -0.2) is 0 Å². The average Bonchev–Trinajstić information content (AvgIpc) is 2.80. The fourth-order valence-electron chi connectivity index (χ4n) is 5.12. The van der Waals surface area contributed by atoms with E-state index in [1.54, 1.807) is 12.4 Å². The molecule has 5 atom stereocenters. The Hall–Kier alpha value is -0.736. The lowest BCUT2D eigenvalue weighted by Gasteiger charge is -2.50. The number of ether oxygens (including phenoxy) is 1. The maximum Gasteiger partial charge on any atom is 0.192 e. The largest absolute Gasteiger partial charge is 0.411 e. The van der Waals surface area contributed by atoms with Gasteiger partial charge in [0.25, 0.3) is 0 Å². The summed E-state index contributed by atoms with van der Waals surface area (Å²) in [5, 5.41) is 0. The normalized spacial score (nSPS) is 27.4. The first-order valence-corrected chi connectivity index (χ1v) is 17.5. The molecule has 0 radical (unpaired) electrons. The Balaban J connectivity index is 2.48. The van der Waals surface area contributed by atoms with Gasteiger partial charge in [0.05, 0.1) is 36.3 Å². The van der Waals surface area contributed by atoms with Gasteiger partial charge in [-0.1, -0.05) is 48.5 Å². The molecule has 2 heterocycles. The number of aromatic nitrogens is 1. The Morgan fingerprint density at radius 1 is 0.871 bits per heavy atom. The third kappa shape index (κ3) is 5.61. The van der Waals surface area contributed by atoms with Gasteiger partial charge in [-0.15, -0.1) is 0 Å². The lowest BCUT2D eigenvalue weighted by atomic mass is 9.85. The van der Waals surface area contributed by atoms with Crippen molar-refractivity contribution in [1.82, 2.24) is 4.98 Å². The van der Waals surface area contributed by atoms with Crippen molar-refractivity contribution >= 4 is 22.3 Å². The fourth-order valence-corrected chi connectivity index (χ4v) is 10.9. The van der Waals surface area contributed by atoms with E-state index in [1.165, 1.54) is 0 Å². The zero-order chi connectivity index (χ0) is 23.2. The Morgan fingerprint density at radius 3 is 1.81 bits per heavy atom. The molecule has 0 unspecified atom stereocenters. The van der Waals surface area contributed by atoms with Gasteiger partial charge in [-0.3, -0.25) is 4.98 Å². The quantitative estimate of drug-likeness (QED) is 0.375. The van der Waals surface area contributed by atoms with E-state index in [1.807, 2.05) is 6.07 Å². The predicted molar refractivity (Wildman–Crippen MR) is 135 cm³/mol. The first-order chi connectivity index (χ1) is 14.8. The van der Waals surface area contributed by atoms with E-state index >= 15 is 0 Å². The Bertz CT molecular complexity index is 666. The van der Waals surface area contributed by atoms with Crippen LogP contribution in [0.25, 0.3) is 0 Å². The van der Waals surface area contributed by atoms with E-state index < -0.39 is 16.6 Å². The first kappa shape index (κ1) is 26.5. The summed E-state index contributed by atoms with van der Waals surface area (Å²) >= 11 is 0. The molecule has 2 N–H and O–H groups in total. The number of anilines is 1. The highest BCUT2D eigenvalue weighted by atomic mass is 28.4. The van der Waals surface area contributed by atoms with Gasteiger partial charge in [0.1, 0.15) is 0 Å². The second kappa shape index (κ2) is 11.4. The van der Waals surface area contributed by atoms with E-state index in [-0.39, 0.29) is 30.3 Å². The molecule has 2 rings (SSSR count). The smallest absolute Gasteiger partial charge is 0.192 e. The molecule has 0 aliphatic carbocycles. The Kier molecular flexibility index (Phi) is 9.76. The van der Waals surface area contributed by atoms with Gasteiger partial charge >= 0.3 is 0 Å². The van der Waals surface area contributed by atoms with E-state index in [4.69, 9.17) is 19.3 Å². The topological polar surface area (TPSA) is 66.6 Å². The number of nitrogen functional groups attached to an aromatic ring is 1. The van der Waals surface area contributed by atoms with Crippen LogP contribution in [0.4, 0.5) is 5.69 Å². The highest BCUT2D eigenvalue weighted by molar-refractivity contribution is 6.74. The van der Waals surface area contributed by atoms with Crippen LogP contribution >= 0.6 is 0 Å². The standard InChI is InChI=1S/C24H46N2O3Si2/c1-9-30(10-2,11-3)28-23-18(7)22(20-15-16-26-17-21(20)25)27-19(8)24(23)29-31(12-4,13-5)14-6/h15-19,22-24H,9-14,25H2,1-8H3/t18-,19-,22-,23-,24-/m1/s1. The fraction of sp³-hybridized carbons (Fsp3) is 0.792. The molecule has 0 aromatic carbocycles. The molecule has 7 heteroatoms. The molecule has 5 nitrogen and oxygen atoms in total. The lowest BCUT2D eigenvalue weighted by molar-refractivity contribution is -0.182. The summed E-state index contributed by atoms with van der Waals surface area (Å²) < 4.78 is 20.9. The molecule has 31 heavy (non-hydrogen) atoms. The van der Waals surface area contributed by atoms with Crippen LogP contribution in [-0.2, 0) is 13.6 Å². The van der Waals surface area contributed by atoms with Crippen LogP contribution in [0.15, 0.2) is 18.5 Å². The Morgan fingerprint density at radius 2 is 1.35 bits per heavy atom. The molecule has 0 saturated carbocycles. The zero-order valence-corrected chi connectivity index (χ0v) is 23.1. The second-order valence-corrected chi connectivity index (χ2v) is 18.7. The van der Waals surface area contributed by atoms with Gasteiger partial charge in [0, 0.05) is 17.7 Å². The van der Waals surface area contributed by atoms with Gasteiger partial charge in [0.15, 0.2) is 16.6 Å². The van der Waals surface area contributed by atoms with Crippen LogP contribution < -0.4 is 5.73 Å². The second-order valence-electron chi connectivity index (χ2n) is 9.28. The lowest BCUT2D eigenvalue weighted by Crippen LogP contribution is -2.59. The summed E-state index contributed by atoms with van der Waals surface area (Å²) in [6.07, 6.45) is 3.35. The molecule has 0 bridgehead atoms. The molecule has 1 aliphatic heterocycles. The predicted octanol–water partition coefficient (Wildman–Crippen LogP) is 6.54. The third-order valence-electron chi connectivity index (χ3n) is 7.98. The first-order valence-electron chi connectivity index (χ1n) is 12.5. The number of rotatable bonds is 11. The summed E-state index contributed by atoms with van der Waals surface area (Å²) in [5.74, 6) is 0.152. The summed E-state index contributed by atoms with van der Waals surface area (Å²) in [4.78, 5) is 4.17. The van der Waals surface area contributed by atoms with Crippen LogP contribution in [-0.4, -0.2) is 39.9 Å². The van der Waals surface area contributed by atoms with Crippen molar-refractivity contribution in [2.24, 2.45) is 5.92 Å². The van der Waals surface area contributed by atoms with Crippen LogP contribution in [0.2, 0.25) is 36.3 Å². The number of nitrogens with two attached hydrogens (primary N) is 1. The molecule has 178 valence electrons. The third-order valence-corrected chi connectivity index (χ3v) is 17.3. The highest BCUT2D eigenvalue weighted by Gasteiger charge is 2.49. The number of hydrogen-bond acceptors (Lipinski definition) is 5. The number of hydrogen-bond donors (Lipinski definition) is 1. The minimum atomic E-state index is -1.83. The van der Waals surface area contributed by atoms with E-state index in [0.717, 1.165) is 41.8 Å². The van der Waals surface area contributed by atoms with Crippen molar-refractivity contribution in [3.8, 4) is 0 Å². The molecule has 1 saturated heterocycles. The minimum Gasteiger partial charge on any atom is -0.411 e. The molecule has 1 aromatic rings. The van der Waals surface area contributed by atoms with Crippen molar-refractivity contribution in [3.05, 3.63) is 24.0 Å². The maximum atomic E-state index is 7.19. The molecule has 1 aliphatic rings. The SMILES string of the molecule is CC[Si](CC)(CC)O[C@@H]1[C@H](C)[C@H](c2ccncc2N)O[C@H](C)[C@H]1O[Si](CC)(CC)CC. The summed E-state index contributed by atoms with van der Waals surface area (Å²) in [6.45, 7) is 18.2. The maximum absolute atomic E-state index is 7.19. The van der Waals surface area contributed by atoms with Gasteiger partial charge in [-0.2, -0.15) is 0 Å². The van der Waals surface area contributed by atoms with E-state index in [2.05, 4.69) is 60.4 Å². The Labute approximate surface area is 192 Å². The van der Waals surface area contributed by atoms with Gasteiger partial charge < -0.3 is 19.3 Å². The van der Waals surface area contributed by atoms with Gasteiger partial charge in [0.2, 0.25) is 0 Å².